The van der Waals surface area contributed by atoms with Crippen molar-refractivity contribution in [3.8, 4) is 0 Å². The number of carbonyl (C=O) groups excluding carboxylic acids is 2. The van der Waals surface area contributed by atoms with Gasteiger partial charge in [-0.25, -0.2) is 0 Å². The van der Waals surface area contributed by atoms with Crippen LogP contribution in [0.4, 0.5) is 0 Å². The molecule has 0 N–H and O–H groups in total. The minimum absolute atomic E-state index is 0.0780. The second-order valence-corrected chi connectivity index (χ2v) is 6.98. The van der Waals surface area contributed by atoms with Crippen LogP contribution in [0.25, 0.3) is 0 Å². The van der Waals surface area contributed by atoms with Gasteiger partial charge in [0.1, 0.15) is 6.04 Å². The summed E-state index contributed by atoms with van der Waals surface area (Å²) in [6.45, 7) is 16.4. The summed E-state index contributed by atoms with van der Waals surface area (Å²) in [4.78, 5) is 31.3. The lowest BCUT2D eigenvalue weighted by atomic mass is 10.1. The maximum absolute atomic E-state index is 13.1. The van der Waals surface area contributed by atoms with E-state index in [1.807, 2.05) is 39.5 Å². The molecule has 1 saturated heterocycles. The second-order valence-electron chi connectivity index (χ2n) is 6.98. The van der Waals surface area contributed by atoms with Crippen LogP contribution in [0.3, 0.4) is 0 Å². The van der Waals surface area contributed by atoms with Gasteiger partial charge in [0.15, 0.2) is 0 Å². The van der Waals surface area contributed by atoms with Crippen LogP contribution in [0.5, 0.6) is 0 Å². The van der Waals surface area contributed by atoms with E-state index in [2.05, 4.69) is 18.7 Å². The smallest absolute Gasteiger partial charge is 0.247 e. The van der Waals surface area contributed by atoms with Crippen LogP contribution in [0.15, 0.2) is 0 Å². The molecule has 1 fully saturated rings. The Balaban J connectivity index is 3.04. The Labute approximate surface area is 135 Å². The fraction of sp³-hybridized carbons (Fsp3) is 0.882. The Hall–Kier alpha value is -1.10. The predicted octanol–water partition coefficient (Wildman–Crippen LogP) is 1.96. The molecule has 5 heteroatoms. The zero-order chi connectivity index (χ0) is 17.0. The summed E-state index contributed by atoms with van der Waals surface area (Å²) in [5.74, 6) is 0.159. The first-order chi connectivity index (χ1) is 10.2. The highest BCUT2D eigenvalue weighted by Crippen LogP contribution is 2.18. The Morgan fingerprint density at radius 2 is 1.59 bits per heavy atom. The zero-order valence-corrected chi connectivity index (χ0v) is 15.3. The molecule has 2 amide bonds. The van der Waals surface area contributed by atoms with E-state index in [9.17, 15) is 9.59 Å². The van der Waals surface area contributed by atoms with Crippen molar-refractivity contribution in [2.45, 2.75) is 79.1 Å². The maximum atomic E-state index is 13.1. The molecule has 1 atom stereocenters. The Bertz CT molecular complexity index is 385. The van der Waals surface area contributed by atoms with Crippen molar-refractivity contribution >= 4 is 11.8 Å². The quantitative estimate of drug-likeness (QED) is 0.779. The van der Waals surface area contributed by atoms with Gasteiger partial charge in [-0.05, 0) is 41.5 Å². The highest BCUT2D eigenvalue weighted by atomic mass is 16.2. The van der Waals surface area contributed by atoms with Gasteiger partial charge < -0.3 is 9.80 Å². The van der Waals surface area contributed by atoms with Gasteiger partial charge in [0.2, 0.25) is 11.8 Å². The summed E-state index contributed by atoms with van der Waals surface area (Å²) < 4.78 is 0. The molecule has 0 spiro atoms. The van der Waals surface area contributed by atoms with E-state index < -0.39 is 0 Å². The highest BCUT2D eigenvalue weighted by molar-refractivity contribution is 5.88. The summed E-state index contributed by atoms with van der Waals surface area (Å²) in [5, 5.41) is 0. The molecule has 0 aromatic rings. The molecule has 5 nitrogen and oxygen atoms in total. The molecule has 1 rings (SSSR count). The second kappa shape index (κ2) is 7.95. The van der Waals surface area contributed by atoms with Crippen LogP contribution in [-0.2, 0) is 9.59 Å². The predicted molar refractivity (Wildman–Crippen MR) is 89.6 cm³/mol. The summed E-state index contributed by atoms with van der Waals surface area (Å²) in [5.41, 5.74) is 0. The fourth-order valence-electron chi connectivity index (χ4n) is 3.26. The number of hydrogen-bond acceptors (Lipinski definition) is 3. The van der Waals surface area contributed by atoms with Gasteiger partial charge in [-0.15, -0.1) is 0 Å². The minimum atomic E-state index is -0.353. The van der Waals surface area contributed by atoms with Gasteiger partial charge in [0, 0.05) is 44.2 Å². The van der Waals surface area contributed by atoms with Crippen molar-refractivity contribution in [2.24, 2.45) is 0 Å². The van der Waals surface area contributed by atoms with Crippen LogP contribution in [0.1, 0.15) is 54.9 Å². The van der Waals surface area contributed by atoms with Crippen LogP contribution < -0.4 is 0 Å². The van der Waals surface area contributed by atoms with Gasteiger partial charge in [-0.2, -0.15) is 0 Å². The molecule has 0 radical (unpaired) electrons. The maximum Gasteiger partial charge on any atom is 0.247 e. The van der Waals surface area contributed by atoms with E-state index in [0.717, 1.165) is 6.54 Å². The van der Waals surface area contributed by atoms with Gasteiger partial charge in [-0.1, -0.05) is 6.92 Å². The average Bonchev–Trinajstić information content (AvgIpc) is 2.44. The molecule has 0 saturated carbocycles. The number of nitrogens with zero attached hydrogens (tertiary/aromatic N) is 3. The van der Waals surface area contributed by atoms with E-state index in [4.69, 9.17) is 0 Å². The van der Waals surface area contributed by atoms with Gasteiger partial charge in [0.25, 0.3) is 0 Å². The van der Waals surface area contributed by atoms with Crippen molar-refractivity contribution in [1.29, 1.82) is 0 Å². The topological polar surface area (TPSA) is 43.9 Å². The molecule has 0 aromatic carbocycles. The molecular weight excluding hydrogens is 278 g/mol. The van der Waals surface area contributed by atoms with E-state index >= 15 is 0 Å². The molecule has 0 aromatic heterocycles. The summed E-state index contributed by atoms with van der Waals surface area (Å²) in [6, 6.07) is 0.315. The third kappa shape index (κ3) is 4.22. The molecule has 0 bridgehead atoms. The number of rotatable bonds is 5. The lowest BCUT2D eigenvalue weighted by Crippen LogP contribution is -2.63. The zero-order valence-electron chi connectivity index (χ0n) is 15.3. The molecule has 22 heavy (non-hydrogen) atoms. The number of piperazine rings is 1. The summed E-state index contributed by atoms with van der Waals surface area (Å²) >= 11 is 0. The molecule has 128 valence electrons. The first-order valence-electron chi connectivity index (χ1n) is 8.56. The van der Waals surface area contributed by atoms with Crippen LogP contribution in [-0.4, -0.2) is 70.3 Å². The third-order valence-electron chi connectivity index (χ3n) is 4.42. The Morgan fingerprint density at radius 1 is 1.05 bits per heavy atom. The molecular formula is C17H33N3O2. The van der Waals surface area contributed by atoms with Gasteiger partial charge in [-0.3, -0.25) is 14.5 Å². The SMILES string of the molecule is CCC(=O)N1CCN(C(C)C)C[C@@H]1C(=O)N(C(C)C)C(C)C. The Kier molecular flexibility index (Phi) is 6.85. The fourth-order valence-corrected chi connectivity index (χ4v) is 3.26. The lowest BCUT2D eigenvalue weighted by molar-refractivity contribution is -0.152. The van der Waals surface area contributed by atoms with E-state index in [0.29, 0.717) is 25.6 Å². The van der Waals surface area contributed by atoms with Crippen LogP contribution in [0, 0.1) is 0 Å². The van der Waals surface area contributed by atoms with E-state index in [1.54, 1.807) is 4.90 Å². The standard InChI is InChI=1S/C17H33N3O2/c1-8-16(21)19-10-9-18(12(2)3)11-15(19)17(22)20(13(4)5)14(6)7/h12-15H,8-11H2,1-7H3/t15-/m1/s1. The normalized spacial score (nSPS) is 20.1. The average molecular weight is 311 g/mol. The van der Waals surface area contributed by atoms with Crippen molar-refractivity contribution in [2.75, 3.05) is 19.6 Å². The Morgan fingerprint density at radius 3 is 2.00 bits per heavy atom. The van der Waals surface area contributed by atoms with E-state index in [-0.39, 0.29) is 29.9 Å². The minimum Gasteiger partial charge on any atom is -0.336 e. The molecule has 0 unspecified atom stereocenters. The van der Waals surface area contributed by atoms with Crippen molar-refractivity contribution in [1.82, 2.24) is 14.7 Å². The van der Waals surface area contributed by atoms with Gasteiger partial charge >= 0.3 is 0 Å². The van der Waals surface area contributed by atoms with Gasteiger partial charge in [0.05, 0.1) is 0 Å². The third-order valence-corrected chi connectivity index (χ3v) is 4.42. The lowest BCUT2D eigenvalue weighted by Gasteiger charge is -2.45. The van der Waals surface area contributed by atoms with E-state index in [1.165, 1.54) is 0 Å². The molecule has 1 heterocycles. The van der Waals surface area contributed by atoms with Crippen molar-refractivity contribution in [3.63, 3.8) is 0 Å². The molecule has 1 aliphatic heterocycles. The van der Waals surface area contributed by atoms with Crippen molar-refractivity contribution in [3.05, 3.63) is 0 Å². The number of amides is 2. The van der Waals surface area contributed by atoms with Crippen molar-refractivity contribution < 1.29 is 9.59 Å². The first kappa shape index (κ1) is 18.9. The van der Waals surface area contributed by atoms with Crippen LogP contribution in [0.2, 0.25) is 0 Å². The monoisotopic (exact) mass is 311 g/mol. The summed E-state index contributed by atoms with van der Waals surface area (Å²) in [7, 11) is 0. The number of carbonyl (C=O) groups is 2. The highest BCUT2D eigenvalue weighted by Gasteiger charge is 2.38. The molecule has 1 aliphatic rings. The summed E-state index contributed by atoms with van der Waals surface area (Å²) in [6.07, 6.45) is 0.453. The first-order valence-corrected chi connectivity index (χ1v) is 8.56. The largest absolute Gasteiger partial charge is 0.336 e. The number of hydrogen-bond donors (Lipinski definition) is 0. The molecule has 0 aliphatic carbocycles. The van der Waals surface area contributed by atoms with Crippen LogP contribution >= 0.6 is 0 Å².